The zero-order valence-corrected chi connectivity index (χ0v) is 21.4. The summed E-state index contributed by atoms with van der Waals surface area (Å²) in [5.74, 6) is 1.89. The third kappa shape index (κ3) is 6.89. The third-order valence-corrected chi connectivity index (χ3v) is 6.07. The Labute approximate surface area is 194 Å². The molecule has 0 saturated heterocycles. The molecule has 2 aromatic heterocycles. The van der Waals surface area contributed by atoms with Crippen molar-refractivity contribution < 1.29 is 9.47 Å². The Balaban J connectivity index is 1.79. The smallest absolute Gasteiger partial charge is 0.128 e. The van der Waals surface area contributed by atoms with Crippen LogP contribution in [-0.2, 0) is 13.1 Å². The minimum atomic E-state index is 0.816. The van der Waals surface area contributed by atoms with Crippen LogP contribution in [0.25, 0.3) is 0 Å². The molecule has 0 bridgehead atoms. The zero-order valence-electron chi connectivity index (χ0n) is 21.4. The van der Waals surface area contributed by atoms with Crippen LogP contribution in [0.5, 0.6) is 11.5 Å². The van der Waals surface area contributed by atoms with E-state index in [1.807, 2.05) is 26.2 Å². The molecule has 32 heavy (non-hydrogen) atoms. The van der Waals surface area contributed by atoms with Gasteiger partial charge in [0.05, 0.1) is 25.6 Å². The highest BCUT2D eigenvalue weighted by Gasteiger charge is 2.13. The Morgan fingerprint density at radius 1 is 0.625 bits per heavy atom. The van der Waals surface area contributed by atoms with E-state index in [-0.39, 0.29) is 0 Å². The summed E-state index contributed by atoms with van der Waals surface area (Å²) in [6.07, 6.45) is 3.80. The van der Waals surface area contributed by atoms with Gasteiger partial charge in [-0.1, -0.05) is 0 Å². The van der Waals surface area contributed by atoms with Crippen LogP contribution < -0.4 is 9.47 Å². The average Bonchev–Trinajstić information content (AvgIpc) is 2.75. The lowest BCUT2D eigenvalue weighted by Gasteiger charge is -2.25. The van der Waals surface area contributed by atoms with Gasteiger partial charge in [-0.15, -0.1) is 0 Å². The SMILES string of the molecule is COc1c(C)cnc(CN(C)CCN(C)CCN(C)Cc2ncc(C)c(OC)c2C)c1C. The summed E-state index contributed by atoms with van der Waals surface area (Å²) in [4.78, 5) is 16.2. The summed E-state index contributed by atoms with van der Waals surface area (Å²) in [6.45, 7) is 13.8. The summed E-state index contributed by atoms with van der Waals surface area (Å²) in [7, 11) is 9.92. The van der Waals surface area contributed by atoms with E-state index >= 15 is 0 Å². The van der Waals surface area contributed by atoms with E-state index in [0.717, 1.165) is 84.4 Å². The monoisotopic (exact) mass is 443 g/mol. The summed E-state index contributed by atoms with van der Waals surface area (Å²) < 4.78 is 11.1. The van der Waals surface area contributed by atoms with Crippen molar-refractivity contribution in [3.8, 4) is 11.5 Å². The molecule has 2 aromatic rings. The topological polar surface area (TPSA) is 54.0 Å². The van der Waals surface area contributed by atoms with Crippen molar-refractivity contribution in [2.24, 2.45) is 0 Å². The third-order valence-electron chi connectivity index (χ3n) is 6.07. The van der Waals surface area contributed by atoms with E-state index in [0.29, 0.717) is 0 Å². The van der Waals surface area contributed by atoms with E-state index in [2.05, 4.69) is 59.7 Å². The fourth-order valence-electron chi connectivity index (χ4n) is 3.93. The Morgan fingerprint density at radius 2 is 0.969 bits per heavy atom. The first-order valence-electron chi connectivity index (χ1n) is 11.2. The molecule has 0 aromatic carbocycles. The summed E-state index contributed by atoms with van der Waals surface area (Å²) in [5, 5.41) is 0. The first-order valence-corrected chi connectivity index (χ1v) is 11.2. The summed E-state index contributed by atoms with van der Waals surface area (Å²) in [6, 6.07) is 0. The lowest BCUT2D eigenvalue weighted by Crippen LogP contribution is -2.35. The van der Waals surface area contributed by atoms with Gasteiger partial charge in [0.1, 0.15) is 11.5 Å². The van der Waals surface area contributed by atoms with Crippen LogP contribution in [0.1, 0.15) is 33.6 Å². The molecular weight excluding hydrogens is 402 g/mol. The number of aromatic nitrogens is 2. The van der Waals surface area contributed by atoms with Gasteiger partial charge in [0.15, 0.2) is 0 Å². The lowest BCUT2D eigenvalue weighted by atomic mass is 10.1. The molecule has 0 amide bonds. The van der Waals surface area contributed by atoms with Gasteiger partial charge < -0.3 is 14.4 Å². The van der Waals surface area contributed by atoms with Crippen LogP contribution in [0.15, 0.2) is 12.4 Å². The maximum Gasteiger partial charge on any atom is 0.128 e. The van der Waals surface area contributed by atoms with Gasteiger partial charge in [-0.3, -0.25) is 19.8 Å². The molecule has 7 nitrogen and oxygen atoms in total. The van der Waals surface area contributed by atoms with Crippen LogP contribution in [0, 0.1) is 27.7 Å². The molecular formula is C25H41N5O2. The number of methoxy groups -OCH3 is 2. The Kier molecular flexibility index (Phi) is 9.87. The highest BCUT2D eigenvalue weighted by atomic mass is 16.5. The second-order valence-electron chi connectivity index (χ2n) is 8.87. The largest absolute Gasteiger partial charge is 0.496 e. The lowest BCUT2D eigenvalue weighted by molar-refractivity contribution is 0.218. The van der Waals surface area contributed by atoms with E-state index in [9.17, 15) is 0 Å². The molecule has 2 rings (SSSR count). The predicted molar refractivity (Wildman–Crippen MR) is 131 cm³/mol. The second kappa shape index (κ2) is 12.1. The van der Waals surface area contributed by atoms with Gasteiger partial charge in [-0.05, 0) is 48.8 Å². The highest BCUT2D eigenvalue weighted by Crippen LogP contribution is 2.25. The molecule has 2 heterocycles. The van der Waals surface area contributed by atoms with Crippen molar-refractivity contribution in [1.82, 2.24) is 24.7 Å². The second-order valence-corrected chi connectivity index (χ2v) is 8.87. The van der Waals surface area contributed by atoms with Crippen LogP contribution in [0.2, 0.25) is 0 Å². The van der Waals surface area contributed by atoms with E-state index < -0.39 is 0 Å². The van der Waals surface area contributed by atoms with Crippen LogP contribution in [0.4, 0.5) is 0 Å². The standard InChI is InChI=1S/C25H41N5O2/c1-18-14-26-22(20(3)24(18)31-8)16-29(6)12-10-28(5)11-13-30(7)17-23-21(4)25(32-9)19(2)15-27-23/h14-15H,10-13,16-17H2,1-9H3. The van der Waals surface area contributed by atoms with Crippen molar-refractivity contribution in [3.63, 3.8) is 0 Å². The van der Waals surface area contributed by atoms with Gasteiger partial charge in [0.25, 0.3) is 0 Å². The number of rotatable bonds is 12. The predicted octanol–water partition coefficient (Wildman–Crippen LogP) is 3.22. The number of aryl methyl sites for hydroxylation is 2. The fourth-order valence-corrected chi connectivity index (χ4v) is 3.93. The zero-order chi connectivity index (χ0) is 23.8. The van der Waals surface area contributed by atoms with Crippen molar-refractivity contribution in [2.75, 3.05) is 61.5 Å². The molecule has 178 valence electrons. The van der Waals surface area contributed by atoms with Gasteiger partial charge >= 0.3 is 0 Å². The van der Waals surface area contributed by atoms with Crippen LogP contribution >= 0.6 is 0 Å². The molecule has 0 N–H and O–H groups in total. The number of nitrogens with zero attached hydrogens (tertiary/aromatic N) is 5. The minimum Gasteiger partial charge on any atom is -0.496 e. The van der Waals surface area contributed by atoms with Gasteiger partial charge in [0, 0.05) is 73.9 Å². The van der Waals surface area contributed by atoms with Gasteiger partial charge in [-0.25, -0.2) is 0 Å². The Morgan fingerprint density at radius 3 is 1.31 bits per heavy atom. The maximum atomic E-state index is 5.54. The van der Waals surface area contributed by atoms with Gasteiger partial charge in [-0.2, -0.15) is 0 Å². The van der Waals surface area contributed by atoms with Crippen molar-refractivity contribution in [1.29, 1.82) is 0 Å². The average molecular weight is 444 g/mol. The summed E-state index contributed by atoms with van der Waals surface area (Å²) in [5.41, 5.74) is 6.57. The van der Waals surface area contributed by atoms with E-state index in [1.165, 1.54) is 0 Å². The van der Waals surface area contributed by atoms with Crippen molar-refractivity contribution >= 4 is 0 Å². The molecule has 0 atom stereocenters. The molecule has 0 radical (unpaired) electrons. The van der Waals surface area contributed by atoms with E-state index in [4.69, 9.17) is 9.47 Å². The number of hydrogen-bond acceptors (Lipinski definition) is 7. The quantitative estimate of drug-likeness (QED) is 0.499. The number of ether oxygens (including phenoxy) is 2. The fraction of sp³-hybridized carbons (Fsp3) is 0.600. The van der Waals surface area contributed by atoms with E-state index in [1.54, 1.807) is 14.2 Å². The molecule has 7 heteroatoms. The van der Waals surface area contributed by atoms with Gasteiger partial charge in [0.2, 0.25) is 0 Å². The number of pyridine rings is 2. The molecule has 0 spiro atoms. The van der Waals surface area contributed by atoms with Crippen molar-refractivity contribution in [3.05, 3.63) is 46.0 Å². The number of hydrogen-bond donors (Lipinski definition) is 0. The number of likely N-dealkylation sites (N-methyl/N-ethyl adjacent to an activating group) is 3. The molecule has 0 aliphatic rings. The summed E-state index contributed by atoms with van der Waals surface area (Å²) >= 11 is 0. The minimum absolute atomic E-state index is 0.816. The molecule has 0 aliphatic carbocycles. The van der Waals surface area contributed by atoms with Crippen LogP contribution in [0.3, 0.4) is 0 Å². The maximum absolute atomic E-state index is 5.54. The Hall–Kier alpha value is -2.22. The first-order chi connectivity index (χ1) is 15.2. The first kappa shape index (κ1) is 26.0. The van der Waals surface area contributed by atoms with Crippen molar-refractivity contribution in [2.45, 2.75) is 40.8 Å². The molecule has 0 saturated carbocycles. The molecule has 0 aliphatic heterocycles. The molecule has 0 unspecified atom stereocenters. The highest BCUT2D eigenvalue weighted by molar-refractivity contribution is 5.41. The normalized spacial score (nSPS) is 11.6. The van der Waals surface area contributed by atoms with Crippen LogP contribution in [-0.4, -0.2) is 86.2 Å². The Bertz CT molecular complexity index is 816. The molecule has 0 fully saturated rings.